The van der Waals surface area contributed by atoms with E-state index in [1.54, 1.807) is 0 Å². The molecule has 0 fully saturated rings. The van der Waals surface area contributed by atoms with Gasteiger partial charge in [0.25, 0.3) is 5.91 Å². The predicted octanol–water partition coefficient (Wildman–Crippen LogP) is 6.09. The standard InChI is InChI=1S/C27H34N2O/c1-6-23-12-14-25(15-13-23)27(30)29(22(5)20(2)3)19-26-11-8-16-28(26)18-24-10-7-9-21(4)17-24/h7-17,20,22H,6,18-19H2,1-5H3/t22-/m1/s1. The molecule has 0 aliphatic heterocycles. The summed E-state index contributed by atoms with van der Waals surface area (Å²) in [5, 5.41) is 0. The van der Waals surface area contributed by atoms with Crippen molar-refractivity contribution in [3.8, 4) is 0 Å². The Hall–Kier alpha value is -2.81. The summed E-state index contributed by atoms with van der Waals surface area (Å²) in [4.78, 5) is 15.5. The first-order valence-corrected chi connectivity index (χ1v) is 11.0. The van der Waals surface area contributed by atoms with Crippen molar-refractivity contribution in [1.29, 1.82) is 0 Å². The Morgan fingerprint density at radius 2 is 1.70 bits per heavy atom. The van der Waals surface area contributed by atoms with Gasteiger partial charge in [-0.2, -0.15) is 0 Å². The van der Waals surface area contributed by atoms with E-state index >= 15 is 0 Å². The summed E-state index contributed by atoms with van der Waals surface area (Å²) in [6, 6.07) is 21.0. The molecule has 0 N–H and O–H groups in total. The van der Waals surface area contributed by atoms with Crippen LogP contribution < -0.4 is 0 Å². The lowest BCUT2D eigenvalue weighted by atomic mass is 10.0. The van der Waals surface area contributed by atoms with Crippen LogP contribution in [0.25, 0.3) is 0 Å². The Labute approximate surface area is 181 Å². The largest absolute Gasteiger partial charge is 0.345 e. The predicted molar refractivity (Wildman–Crippen MR) is 125 cm³/mol. The highest BCUT2D eigenvalue weighted by molar-refractivity contribution is 5.94. The minimum absolute atomic E-state index is 0.0992. The van der Waals surface area contributed by atoms with Crippen molar-refractivity contribution in [2.24, 2.45) is 5.92 Å². The quantitative estimate of drug-likeness (QED) is 0.447. The Morgan fingerprint density at radius 3 is 2.33 bits per heavy atom. The fraction of sp³-hybridized carbons (Fsp3) is 0.370. The maximum Gasteiger partial charge on any atom is 0.254 e. The van der Waals surface area contributed by atoms with Gasteiger partial charge in [0.2, 0.25) is 0 Å². The van der Waals surface area contributed by atoms with Gasteiger partial charge in [0.05, 0.1) is 6.54 Å². The first-order valence-electron chi connectivity index (χ1n) is 11.0. The Morgan fingerprint density at radius 1 is 0.967 bits per heavy atom. The van der Waals surface area contributed by atoms with E-state index in [9.17, 15) is 4.79 Å². The molecular weight excluding hydrogens is 368 g/mol. The first kappa shape index (κ1) is 21.9. The number of amides is 1. The van der Waals surface area contributed by atoms with Crippen LogP contribution in [0.1, 0.15) is 60.4 Å². The lowest BCUT2D eigenvalue weighted by molar-refractivity contribution is 0.0622. The van der Waals surface area contributed by atoms with Crippen molar-refractivity contribution in [2.75, 3.05) is 0 Å². The second-order valence-electron chi connectivity index (χ2n) is 8.58. The van der Waals surface area contributed by atoms with Gasteiger partial charge in [0.1, 0.15) is 0 Å². The third kappa shape index (κ3) is 5.21. The number of nitrogens with zero attached hydrogens (tertiary/aromatic N) is 2. The van der Waals surface area contributed by atoms with Crippen LogP contribution in [0, 0.1) is 12.8 Å². The number of hydrogen-bond acceptors (Lipinski definition) is 1. The number of benzene rings is 2. The van der Waals surface area contributed by atoms with Crippen molar-refractivity contribution >= 4 is 5.91 Å². The average molecular weight is 403 g/mol. The summed E-state index contributed by atoms with van der Waals surface area (Å²) < 4.78 is 2.25. The van der Waals surface area contributed by atoms with E-state index < -0.39 is 0 Å². The molecule has 0 saturated heterocycles. The molecule has 1 amide bonds. The topological polar surface area (TPSA) is 25.2 Å². The maximum atomic E-state index is 13.4. The SMILES string of the molecule is CCc1ccc(C(=O)N(Cc2cccn2Cc2cccc(C)c2)[C@H](C)C(C)C)cc1. The molecule has 0 aliphatic carbocycles. The molecule has 30 heavy (non-hydrogen) atoms. The minimum atomic E-state index is 0.0992. The van der Waals surface area contributed by atoms with Gasteiger partial charge in [-0.15, -0.1) is 0 Å². The summed E-state index contributed by atoms with van der Waals surface area (Å²) in [5.41, 5.74) is 5.71. The number of hydrogen-bond donors (Lipinski definition) is 0. The van der Waals surface area contributed by atoms with Gasteiger partial charge in [0, 0.05) is 30.0 Å². The van der Waals surface area contributed by atoms with Crippen LogP contribution in [0.4, 0.5) is 0 Å². The summed E-state index contributed by atoms with van der Waals surface area (Å²) >= 11 is 0. The number of rotatable bonds is 8. The van der Waals surface area contributed by atoms with Crippen LogP contribution in [0.15, 0.2) is 66.9 Å². The highest BCUT2D eigenvalue weighted by Gasteiger charge is 2.25. The molecule has 0 bridgehead atoms. The molecule has 0 aliphatic rings. The number of aromatic nitrogens is 1. The Balaban J connectivity index is 1.85. The van der Waals surface area contributed by atoms with Crippen LogP contribution in [-0.4, -0.2) is 21.4 Å². The lowest BCUT2D eigenvalue weighted by Crippen LogP contribution is -2.41. The molecule has 1 atom stereocenters. The van der Waals surface area contributed by atoms with E-state index in [2.05, 4.69) is 93.9 Å². The third-order valence-electron chi connectivity index (χ3n) is 6.02. The van der Waals surface area contributed by atoms with Crippen LogP contribution >= 0.6 is 0 Å². The van der Waals surface area contributed by atoms with Gasteiger partial charge in [0.15, 0.2) is 0 Å². The summed E-state index contributed by atoms with van der Waals surface area (Å²) in [6.45, 7) is 12.2. The zero-order valence-corrected chi connectivity index (χ0v) is 18.9. The monoisotopic (exact) mass is 402 g/mol. The van der Waals surface area contributed by atoms with Crippen molar-refractivity contribution in [3.05, 3.63) is 94.8 Å². The van der Waals surface area contributed by atoms with Crippen LogP contribution in [0.3, 0.4) is 0 Å². The molecule has 0 unspecified atom stereocenters. The van der Waals surface area contributed by atoms with E-state index in [4.69, 9.17) is 0 Å². The molecule has 0 saturated carbocycles. The van der Waals surface area contributed by atoms with Crippen molar-refractivity contribution in [3.63, 3.8) is 0 Å². The number of aryl methyl sites for hydroxylation is 2. The molecule has 158 valence electrons. The summed E-state index contributed by atoms with van der Waals surface area (Å²) in [5.74, 6) is 0.478. The molecule has 1 aromatic heterocycles. The fourth-order valence-corrected chi connectivity index (χ4v) is 3.74. The molecule has 3 heteroatoms. The van der Waals surface area contributed by atoms with Gasteiger partial charge in [-0.3, -0.25) is 4.79 Å². The van der Waals surface area contributed by atoms with E-state index in [1.807, 2.05) is 17.0 Å². The van der Waals surface area contributed by atoms with E-state index in [0.717, 1.165) is 24.2 Å². The van der Waals surface area contributed by atoms with E-state index in [-0.39, 0.29) is 11.9 Å². The van der Waals surface area contributed by atoms with Gasteiger partial charge in [-0.1, -0.05) is 62.7 Å². The van der Waals surface area contributed by atoms with Crippen molar-refractivity contribution in [2.45, 2.75) is 60.2 Å². The summed E-state index contributed by atoms with van der Waals surface area (Å²) in [6.07, 6.45) is 3.09. The fourth-order valence-electron chi connectivity index (χ4n) is 3.74. The highest BCUT2D eigenvalue weighted by atomic mass is 16.2. The molecule has 0 radical (unpaired) electrons. The Kier molecular flexibility index (Phi) is 7.15. The second kappa shape index (κ2) is 9.80. The van der Waals surface area contributed by atoms with Crippen LogP contribution in [-0.2, 0) is 19.5 Å². The normalized spacial score (nSPS) is 12.2. The minimum Gasteiger partial charge on any atom is -0.345 e. The van der Waals surface area contributed by atoms with Crippen LogP contribution in [0.5, 0.6) is 0 Å². The van der Waals surface area contributed by atoms with E-state index in [0.29, 0.717) is 12.5 Å². The molecule has 3 aromatic rings. The molecular formula is C27H34N2O. The summed E-state index contributed by atoms with van der Waals surface area (Å²) in [7, 11) is 0. The highest BCUT2D eigenvalue weighted by Crippen LogP contribution is 2.20. The molecule has 3 nitrogen and oxygen atoms in total. The van der Waals surface area contributed by atoms with Gasteiger partial charge in [-0.25, -0.2) is 0 Å². The molecule has 2 aromatic carbocycles. The maximum absolute atomic E-state index is 13.4. The van der Waals surface area contributed by atoms with E-state index in [1.165, 1.54) is 16.7 Å². The zero-order valence-electron chi connectivity index (χ0n) is 18.9. The third-order valence-corrected chi connectivity index (χ3v) is 6.02. The van der Waals surface area contributed by atoms with Crippen LogP contribution in [0.2, 0.25) is 0 Å². The number of carbonyl (C=O) groups is 1. The Bertz CT molecular complexity index is 969. The first-order chi connectivity index (χ1) is 14.4. The van der Waals surface area contributed by atoms with Gasteiger partial charge < -0.3 is 9.47 Å². The zero-order chi connectivity index (χ0) is 21.7. The number of carbonyl (C=O) groups excluding carboxylic acids is 1. The van der Waals surface area contributed by atoms with Crippen molar-refractivity contribution < 1.29 is 4.79 Å². The smallest absolute Gasteiger partial charge is 0.254 e. The average Bonchev–Trinajstić information content (AvgIpc) is 3.17. The lowest BCUT2D eigenvalue weighted by Gasteiger charge is -2.32. The van der Waals surface area contributed by atoms with Gasteiger partial charge >= 0.3 is 0 Å². The molecule has 1 heterocycles. The van der Waals surface area contributed by atoms with Gasteiger partial charge in [-0.05, 0) is 61.6 Å². The molecule has 0 spiro atoms. The second-order valence-corrected chi connectivity index (χ2v) is 8.58. The molecule has 3 rings (SSSR count). The van der Waals surface area contributed by atoms with Crippen molar-refractivity contribution in [1.82, 2.24) is 9.47 Å².